The summed E-state index contributed by atoms with van der Waals surface area (Å²) in [5.41, 5.74) is 2.49. The number of tetrazole rings is 1. The van der Waals surface area contributed by atoms with Crippen LogP contribution in [0.1, 0.15) is 11.1 Å². The van der Waals surface area contributed by atoms with E-state index in [0.717, 1.165) is 23.0 Å². The van der Waals surface area contributed by atoms with E-state index in [1.165, 1.54) is 6.07 Å². The SMILES string of the molecule is Cc1ccccc1-n1nnnc1SCC(=O)Nc1c(C)cccc1[N+](=O)[O-]. The summed E-state index contributed by atoms with van der Waals surface area (Å²) < 4.78 is 1.56. The summed E-state index contributed by atoms with van der Waals surface area (Å²) in [7, 11) is 0. The van der Waals surface area contributed by atoms with Gasteiger partial charge in [-0.2, -0.15) is 4.68 Å². The second kappa shape index (κ2) is 7.96. The number of anilines is 1. The first-order valence-corrected chi connectivity index (χ1v) is 8.97. The van der Waals surface area contributed by atoms with Gasteiger partial charge in [0.1, 0.15) is 5.69 Å². The van der Waals surface area contributed by atoms with Gasteiger partial charge in [0.05, 0.1) is 16.4 Å². The van der Waals surface area contributed by atoms with Gasteiger partial charge in [0.15, 0.2) is 0 Å². The number of nitro groups is 1. The highest BCUT2D eigenvalue weighted by Crippen LogP contribution is 2.28. The molecule has 0 saturated carbocycles. The molecular weight excluding hydrogens is 368 g/mol. The molecule has 0 spiro atoms. The predicted molar refractivity (Wildman–Crippen MR) is 101 cm³/mol. The molecule has 3 rings (SSSR count). The Balaban J connectivity index is 1.73. The average Bonchev–Trinajstić information content (AvgIpc) is 3.10. The molecular formula is C17H16N6O3S. The van der Waals surface area contributed by atoms with Crippen molar-refractivity contribution < 1.29 is 9.72 Å². The summed E-state index contributed by atoms with van der Waals surface area (Å²) in [5, 5.41) is 25.8. The van der Waals surface area contributed by atoms with E-state index in [1.807, 2.05) is 31.2 Å². The van der Waals surface area contributed by atoms with Gasteiger partial charge in [-0.05, 0) is 41.5 Å². The van der Waals surface area contributed by atoms with Crippen molar-refractivity contribution >= 4 is 29.0 Å². The van der Waals surface area contributed by atoms with E-state index in [1.54, 1.807) is 23.7 Å². The third-order valence-corrected chi connectivity index (χ3v) is 4.75. The number of nitro benzene ring substituents is 1. The van der Waals surface area contributed by atoms with Gasteiger partial charge in [0.2, 0.25) is 11.1 Å². The fourth-order valence-electron chi connectivity index (χ4n) is 2.49. The lowest BCUT2D eigenvalue weighted by molar-refractivity contribution is -0.384. The quantitative estimate of drug-likeness (QED) is 0.394. The molecule has 1 N–H and O–H groups in total. The van der Waals surface area contributed by atoms with Gasteiger partial charge in [-0.3, -0.25) is 14.9 Å². The molecule has 0 radical (unpaired) electrons. The Labute approximate surface area is 158 Å². The van der Waals surface area contributed by atoms with E-state index in [0.29, 0.717) is 10.7 Å². The van der Waals surface area contributed by atoms with Gasteiger partial charge < -0.3 is 5.32 Å². The number of thioether (sulfide) groups is 1. The molecule has 10 heteroatoms. The first kappa shape index (κ1) is 18.5. The largest absolute Gasteiger partial charge is 0.319 e. The molecule has 3 aromatic rings. The molecule has 0 aliphatic rings. The van der Waals surface area contributed by atoms with Gasteiger partial charge in [0, 0.05) is 6.07 Å². The van der Waals surface area contributed by atoms with Crippen LogP contribution in [0.2, 0.25) is 0 Å². The monoisotopic (exact) mass is 384 g/mol. The van der Waals surface area contributed by atoms with Crippen molar-refractivity contribution in [3.8, 4) is 5.69 Å². The van der Waals surface area contributed by atoms with E-state index >= 15 is 0 Å². The number of para-hydroxylation sites is 2. The lowest BCUT2D eigenvalue weighted by Gasteiger charge is -2.09. The number of aromatic nitrogens is 4. The fourth-order valence-corrected chi connectivity index (χ4v) is 3.18. The second-order valence-electron chi connectivity index (χ2n) is 5.72. The number of nitrogens with one attached hydrogen (secondary N) is 1. The van der Waals surface area contributed by atoms with E-state index in [9.17, 15) is 14.9 Å². The van der Waals surface area contributed by atoms with Crippen LogP contribution in [0.3, 0.4) is 0 Å². The summed E-state index contributed by atoms with van der Waals surface area (Å²) in [5.74, 6) is -0.366. The zero-order valence-electron chi connectivity index (χ0n) is 14.6. The Bertz CT molecular complexity index is 1000. The predicted octanol–water partition coefficient (Wildman–Crippen LogP) is 2.92. The Hall–Kier alpha value is -3.27. The third-order valence-electron chi connectivity index (χ3n) is 3.83. The highest BCUT2D eigenvalue weighted by Gasteiger charge is 2.19. The van der Waals surface area contributed by atoms with Crippen molar-refractivity contribution in [3.63, 3.8) is 0 Å². The smallest absolute Gasteiger partial charge is 0.293 e. The molecule has 0 aliphatic heterocycles. The van der Waals surface area contributed by atoms with Crippen LogP contribution in [0.15, 0.2) is 47.6 Å². The lowest BCUT2D eigenvalue weighted by atomic mass is 10.1. The standard InChI is InChI=1S/C17H16N6O3S/c1-11-6-3-4-8-13(11)22-17(19-20-21-22)27-10-15(24)18-16-12(2)7-5-9-14(16)23(25)26/h3-9H,10H2,1-2H3,(H,18,24). The molecule has 1 heterocycles. The first-order chi connectivity index (χ1) is 13.0. The number of rotatable bonds is 6. The molecule has 1 amide bonds. The number of nitrogens with zero attached hydrogens (tertiary/aromatic N) is 5. The zero-order chi connectivity index (χ0) is 19.4. The number of amides is 1. The van der Waals surface area contributed by atoms with Crippen LogP contribution in [0.5, 0.6) is 0 Å². The Morgan fingerprint density at radius 1 is 1.19 bits per heavy atom. The molecule has 0 fully saturated rings. The number of hydrogen-bond donors (Lipinski definition) is 1. The summed E-state index contributed by atoms with van der Waals surface area (Å²) >= 11 is 1.15. The molecule has 0 saturated heterocycles. The topological polar surface area (TPSA) is 116 Å². The van der Waals surface area contributed by atoms with E-state index in [2.05, 4.69) is 20.8 Å². The van der Waals surface area contributed by atoms with Crippen molar-refractivity contribution in [1.82, 2.24) is 20.2 Å². The Morgan fingerprint density at radius 2 is 1.93 bits per heavy atom. The summed E-state index contributed by atoms with van der Waals surface area (Å²) in [6.07, 6.45) is 0. The van der Waals surface area contributed by atoms with Crippen molar-refractivity contribution in [1.29, 1.82) is 0 Å². The highest BCUT2D eigenvalue weighted by atomic mass is 32.2. The van der Waals surface area contributed by atoms with Crippen LogP contribution in [-0.4, -0.2) is 36.8 Å². The number of carbonyl (C=O) groups is 1. The fraction of sp³-hybridized carbons (Fsp3) is 0.176. The molecule has 0 unspecified atom stereocenters. The number of aryl methyl sites for hydroxylation is 2. The van der Waals surface area contributed by atoms with Crippen LogP contribution in [0, 0.1) is 24.0 Å². The van der Waals surface area contributed by atoms with Crippen molar-refractivity contribution in [2.45, 2.75) is 19.0 Å². The third kappa shape index (κ3) is 4.11. The summed E-state index contributed by atoms with van der Waals surface area (Å²) in [6, 6.07) is 12.3. The normalized spacial score (nSPS) is 10.6. The minimum absolute atomic E-state index is 0.0116. The number of carbonyl (C=O) groups excluding carboxylic acids is 1. The molecule has 0 atom stereocenters. The maximum absolute atomic E-state index is 12.3. The van der Waals surface area contributed by atoms with Crippen LogP contribution < -0.4 is 5.32 Å². The van der Waals surface area contributed by atoms with Gasteiger partial charge in [-0.1, -0.05) is 42.1 Å². The lowest BCUT2D eigenvalue weighted by Crippen LogP contribution is -2.16. The van der Waals surface area contributed by atoms with Crippen molar-refractivity contribution in [2.24, 2.45) is 0 Å². The van der Waals surface area contributed by atoms with Crippen LogP contribution in [0.4, 0.5) is 11.4 Å². The van der Waals surface area contributed by atoms with Crippen molar-refractivity contribution in [2.75, 3.05) is 11.1 Å². The first-order valence-electron chi connectivity index (χ1n) is 7.98. The molecule has 0 aliphatic carbocycles. The maximum Gasteiger partial charge on any atom is 0.293 e. The van der Waals surface area contributed by atoms with Crippen LogP contribution in [-0.2, 0) is 4.79 Å². The molecule has 0 bridgehead atoms. The highest BCUT2D eigenvalue weighted by molar-refractivity contribution is 7.99. The molecule has 9 nitrogen and oxygen atoms in total. The minimum Gasteiger partial charge on any atom is -0.319 e. The van der Waals surface area contributed by atoms with E-state index in [4.69, 9.17) is 0 Å². The average molecular weight is 384 g/mol. The van der Waals surface area contributed by atoms with Crippen molar-refractivity contribution in [3.05, 3.63) is 63.7 Å². The van der Waals surface area contributed by atoms with Gasteiger partial charge in [-0.25, -0.2) is 0 Å². The molecule has 1 aromatic heterocycles. The second-order valence-corrected chi connectivity index (χ2v) is 6.67. The Kier molecular flexibility index (Phi) is 5.46. The van der Waals surface area contributed by atoms with Gasteiger partial charge in [-0.15, -0.1) is 5.10 Å². The van der Waals surface area contributed by atoms with Gasteiger partial charge >= 0.3 is 0 Å². The Morgan fingerprint density at radius 3 is 2.67 bits per heavy atom. The van der Waals surface area contributed by atoms with Crippen LogP contribution in [0.25, 0.3) is 5.69 Å². The van der Waals surface area contributed by atoms with Crippen LogP contribution >= 0.6 is 11.8 Å². The van der Waals surface area contributed by atoms with E-state index < -0.39 is 4.92 Å². The summed E-state index contributed by atoms with van der Waals surface area (Å²) in [4.78, 5) is 23.0. The number of hydrogen-bond acceptors (Lipinski definition) is 7. The minimum atomic E-state index is -0.519. The molecule has 138 valence electrons. The molecule has 27 heavy (non-hydrogen) atoms. The molecule has 2 aromatic carbocycles. The maximum atomic E-state index is 12.3. The van der Waals surface area contributed by atoms with E-state index in [-0.39, 0.29) is 23.0 Å². The zero-order valence-corrected chi connectivity index (χ0v) is 15.4. The number of benzene rings is 2. The van der Waals surface area contributed by atoms with Gasteiger partial charge in [0.25, 0.3) is 5.69 Å². The summed E-state index contributed by atoms with van der Waals surface area (Å²) in [6.45, 7) is 3.64.